The zero-order valence-electron chi connectivity index (χ0n) is 26.7. The van der Waals surface area contributed by atoms with Gasteiger partial charge in [-0.05, 0) is 73.9 Å². The Balaban J connectivity index is 1.19. The van der Waals surface area contributed by atoms with E-state index in [-0.39, 0.29) is 29.8 Å². The molecule has 12 heteroatoms. The summed E-state index contributed by atoms with van der Waals surface area (Å²) in [6.07, 6.45) is 8.95. The molecule has 3 aromatic rings. The molecule has 3 atom stereocenters. The number of fused-ring (bicyclic) bond motifs is 1. The number of aliphatic hydroxyl groups excluding tert-OH is 1. The van der Waals surface area contributed by atoms with Gasteiger partial charge in [0.2, 0.25) is 5.91 Å². The van der Waals surface area contributed by atoms with Crippen LogP contribution in [0.4, 0.5) is 0 Å². The van der Waals surface area contributed by atoms with Crippen LogP contribution in [-0.2, 0) is 14.8 Å². The molecule has 1 saturated carbocycles. The van der Waals surface area contributed by atoms with Crippen LogP contribution < -0.4 is 15.4 Å². The molecule has 3 N–H and O–H groups in total. The number of aliphatic hydroxyl groups is 1. The first kappa shape index (κ1) is 33.9. The van der Waals surface area contributed by atoms with Crippen molar-refractivity contribution in [3.8, 4) is 5.75 Å². The molecule has 2 fully saturated rings. The fourth-order valence-electron chi connectivity index (χ4n) is 6.38. The molecular weight excluding hydrogens is 608 g/mol. The Hall–Kier alpha value is -3.48. The number of nitrogens with one attached hydrogen (secondary N) is 2. The molecule has 0 bridgehead atoms. The molecule has 250 valence electrons. The number of pyridine rings is 1. The third-order valence-electron chi connectivity index (χ3n) is 8.91. The van der Waals surface area contributed by atoms with Gasteiger partial charge in [-0.3, -0.25) is 9.59 Å². The molecule has 1 saturated heterocycles. The second kappa shape index (κ2) is 15.4. The normalized spacial score (nSPS) is 20.7. The SMILES string of the molecule is CC(C)CC(NC(=O)c1cc2cc(OCCC3CCCCC3)ccc2o1)C(=O)NC1CCCN(S(=O)(=O)c2ccccn2)C[C@@H]1O. The molecule has 1 aliphatic carbocycles. The first-order valence-electron chi connectivity index (χ1n) is 16.5. The van der Waals surface area contributed by atoms with Gasteiger partial charge in [-0.25, -0.2) is 13.4 Å². The number of hydrogen-bond acceptors (Lipinski definition) is 8. The van der Waals surface area contributed by atoms with Gasteiger partial charge in [0, 0.05) is 24.7 Å². The number of carbonyl (C=O) groups excluding carboxylic acids is 2. The molecular formula is C34H46N4O7S. The fourth-order valence-corrected chi connectivity index (χ4v) is 7.81. The van der Waals surface area contributed by atoms with Crippen molar-refractivity contribution in [1.82, 2.24) is 19.9 Å². The van der Waals surface area contributed by atoms with Crippen molar-refractivity contribution < 1.29 is 32.3 Å². The van der Waals surface area contributed by atoms with E-state index in [0.717, 1.165) is 23.5 Å². The standard InChI is InChI=1S/C34H46N4O7S/c1-23(2)19-28(33(40)36-27-11-8-17-38(22-29(27)39)46(42,43)32-12-6-7-16-35-32)37-34(41)31-21-25-20-26(13-14-30(25)45-31)44-18-15-24-9-4-3-5-10-24/h6-7,12-14,16,20-21,23-24,27-29,39H,3-5,8-11,15,17-19,22H2,1-2H3,(H,36,40)(H,37,41)/t27?,28?,29-/m0/s1. The summed E-state index contributed by atoms with van der Waals surface area (Å²) >= 11 is 0. The lowest BCUT2D eigenvalue weighted by molar-refractivity contribution is -0.125. The van der Waals surface area contributed by atoms with E-state index >= 15 is 0 Å². The topological polar surface area (TPSA) is 151 Å². The third-order valence-corrected chi connectivity index (χ3v) is 10.7. The number of carbonyl (C=O) groups is 2. The Morgan fingerprint density at radius 2 is 1.89 bits per heavy atom. The third kappa shape index (κ3) is 8.65. The minimum absolute atomic E-state index is 0.0816. The average molecular weight is 655 g/mol. The van der Waals surface area contributed by atoms with Gasteiger partial charge in [-0.2, -0.15) is 4.31 Å². The number of sulfonamides is 1. The van der Waals surface area contributed by atoms with Crippen LogP contribution in [-0.4, -0.2) is 72.5 Å². The Morgan fingerprint density at radius 1 is 1.09 bits per heavy atom. The molecule has 3 heterocycles. The number of β-amino-alcohol motifs (C(OH)–C–C–N with tert-alkyl or cyclic N) is 1. The maximum atomic E-state index is 13.5. The minimum atomic E-state index is -3.90. The van der Waals surface area contributed by atoms with Crippen molar-refractivity contribution in [2.45, 2.75) is 94.8 Å². The summed E-state index contributed by atoms with van der Waals surface area (Å²) in [5, 5.41) is 17.3. The number of amides is 2. The molecule has 1 aromatic carbocycles. The first-order chi connectivity index (χ1) is 22.1. The summed E-state index contributed by atoms with van der Waals surface area (Å²) in [6, 6.07) is 10.2. The molecule has 46 heavy (non-hydrogen) atoms. The van der Waals surface area contributed by atoms with Crippen molar-refractivity contribution in [3.05, 3.63) is 54.4 Å². The zero-order chi connectivity index (χ0) is 32.7. The lowest BCUT2D eigenvalue weighted by Gasteiger charge is -2.27. The number of hydrogen-bond donors (Lipinski definition) is 3. The molecule has 2 aliphatic rings. The number of benzene rings is 1. The lowest BCUT2D eigenvalue weighted by Crippen LogP contribution is -2.54. The van der Waals surface area contributed by atoms with Gasteiger partial charge in [0.25, 0.3) is 15.9 Å². The highest BCUT2D eigenvalue weighted by Gasteiger charge is 2.35. The van der Waals surface area contributed by atoms with Crippen molar-refractivity contribution in [3.63, 3.8) is 0 Å². The van der Waals surface area contributed by atoms with E-state index in [1.165, 1.54) is 48.7 Å². The summed E-state index contributed by atoms with van der Waals surface area (Å²) in [7, 11) is -3.90. The summed E-state index contributed by atoms with van der Waals surface area (Å²) in [5.41, 5.74) is 0.543. The molecule has 0 spiro atoms. The van der Waals surface area contributed by atoms with Crippen LogP contribution >= 0.6 is 0 Å². The van der Waals surface area contributed by atoms with Gasteiger partial charge >= 0.3 is 0 Å². The molecule has 0 radical (unpaired) electrons. The molecule has 2 aromatic heterocycles. The Morgan fingerprint density at radius 3 is 2.63 bits per heavy atom. The van der Waals surface area contributed by atoms with Gasteiger partial charge in [0.05, 0.1) is 18.8 Å². The first-order valence-corrected chi connectivity index (χ1v) is 17.9. The Bertz CT molecular complexity index is 1570. The maximum Gasteiger partial charge on any atom is 0.287 e. The second-order valence-corrected chi connectivity index (χ2v) is 14.8. The average Bonchev–Trinajstić information content (AvgIpc) is 3.38. The molecule has 2 unspecified atom stereocenters. The van der Waals surface area contributed by atoms with Crippen molar-refractivity contribution in [2.75, 3.05) is 19.7 Å². The van der Waals surface area contributed by atoms with E-state index in [4.69, 9.17) is 9.15 Å². The van der Waals surface area contributed by atoms with E-state index in [9.17, 15) is 23.1 Å². The van der Waals surface area contributed by atoms with Gasteiger partial charge < -0.3 is 24.9 Å². The predicted molar refractivity (Wildman–Crippen MR) is 174 cm³/mol. The van der Waals surface area contributed by atoms with Crippen LogP contribution in [0.25, 0.3) is 11.0 Å². The summed E-state index contributed by atoms with van der Waals surface area (Å²) in [5.74, 6) is 0.648. The van der Waals surface area contributed by atoms with Crippen molar-refractivity contribution in [2.24, 2.45) is 11.8 Å². The molecule has 11 nitrogen and oxygen atoms in total. The van der Waals surface area contributed by atoms with Gasteiger partial charge in [0.15, 0.2) is 10.8 Å². The molecule has 5 rings (SSSR count). The maximum absolute atomic E-state index is 13.5. The van der Waals surface area contributed by atoms with Gasteiger partial charge in [-0.1, -0.05) is 52.0 Å². The van der Waals surface area contributed by atoms with Crippen LogP contribution in [0.5, 0.6) is 5.75 Å². The number of rotatable bonds is 12. The van der Waals surface area contributed by atoms with E-state index in [0.29, 0.717) is 31.5 Å². The number of aromatic nitrogens is 1. The van der Waals surface area contributed by atoms with Crippen LogP contribution in [0, 0.1) is 11.8 Å². The van der Waals surface area contributed by atoms with Crippen LogP contribution in [0.15, 0.2) is 58.1 Å². The largest absolute Gasteiger partial charge is 0.494 e. The van der Waals surface area contributed by atoms with E-state index in [2.05, 4.69) is 15.6 Å². The second-order valence-electron chi connectivity index (χ2n) is 13.0. The van der Waals surface area contributed by atoms with Crippen LogP contribution in [0.3, 0.4) is 0 Å². The fraction of sp³-hybridized carbons (Fsp3) is 0.559. The van der Waals surface area contributed by atoms with Crippen LogP contribution in [0.2, 0.25) is 0 Å². The minimum Gasteiger partial charge on any atom is -0.494 e. The monoisotopic (exact) mass is 654 g/mol. The highest BCUT2D eigenvalue weighted by atomic mass is 32.2. The van der Waals surface area contributed by atoms with E-state index < -0.39 is 40.0 Å². The predicted octanol–water partition coefficient (Wildman–Crippen LogP) is 4.65. The highest BCUT2D eigenvalue weighted by Crippen LogP contribution is 2.28. The van der Waals surface area contributed by atoms with Crippen LogP contribution in [0.1, 0.15) is 82.2 Å². The Labute approximate surface area is 271 Å². The van der Waals surface area contributed by atoms with E-state index in [1.54, 1.807) is 24.3 Å². The van der Waals surface area contributed by atoms with Crippen molar-refractivity contribution in [1.29, 1.82) is 0 Å². The van der Waals surface area contributed by atoms with Crippen molar-refractivity contribution >= 4 is 32.8 Å². The van der Waals surface area contributed by atoms with Gasteiger partial charge in [0.1, 0.15) is 17.4 Å². The summed E-state index contributed by atoms with van der Waals surface area (Å²) in [4.78, 5) is 30.7. The summed E-state index contributed by atoms with van der Waals surface area (Å²) < 4.78 is 39.2. The van der Waals surface area contributed by atoms with Gasteiger partial charge in [-0.15, -0.1) is 0 Å². The quantitative estimate of drug-likeness (QED) is 0.255. The zero-order valence-corrected chi connectivity index (χ0v) is 27.5. The lowest BCUT2D eigenvalue weighted by atomic mass is 9.87. The number of nitrogens with zero attached hydrogens (tertiary/aromatic N) is 2. The number of ether oxygens (including phenoxy) is 1. The molecule has 2 amide bonds. The number of furan rings is 1. The highest BCUT2D eigenvalue weighted by molar-refractivity contribution is 7.89. The summed E-state index contributed by atoms with van der Waals surface area (Å²) in [6.45, 7) is 4.56. The smallest absolute Gasteiger partial charge is 0.287 e. The Kier molecular flexibility index (Phi) is 11.3. The molecule has 1 aliphatic heterocycles. The van der Waals surface area contributed by atoms with E-state index in [1.807, 2.05) is 26.0 Å².